The van der Waals surface area contributed by atoms with Gasteiger partial charge in [0.1, 0.15) is 17.8 Å². The second-order valence-electron chi connectivity index (χ2n) is 7.53. The van der Waals surface area contributed by atoms with Crippen molar-refractivity contribution in [3.63, 3.8) is 0 Å². The average molecular weight is 400 g/mol. The van der Waals surface area contributed by atoms with Gasteiger partial charge in [-0.05, 0) is 54.0 Å². The minimum absolute atomic E-state index is 0.223. The Balaban J connectivity index is 4.59. The Morgan fingerprint density at radius 1 is 0.964 bits per heavy atom. The van der Waals surface area contributed by atoms with Crippen LogP contribution >= 0.6 is 0 Å². The van der Waals surface area contributed by atoms with Crippen molar-refractivity contribution in [2.24, 2.45) is 0 Å². The Morgan fingerprint density at radius 3 is 2.07 bits per heavy atom. The van der Waals surface area contributed by atoms with E-state index in [1.807, 2.05) is 0 Å². The summed E-state index contributed by atoms with van der Waals surface area (Å²) in [5.41, 5.74) is -0.665. The van der Waals surface area contributed by atoms with Crippen molar-refractivity contribution in [1.29, 1.82) is 0 Å². The quantitative estimate of drug-likeness (QED) is 0.324. The molecule has 0 rings (SSSR count). The van der Waals surface area contributed by atoms with Crippen LogP contribution < -0.4 is 0 Å². The zero-order valence-electron chi connectivity index (χ0n) is 17.4. The van der Waals surface area contributed by atoms with Crippen molar-refractivity contribution in [2.45, 2.75) is 84.4 Å². The van der Waals surface area contributed by atoms with Crippen molar-refractivity contribution in [2.75, 3.05) is 0 Å². The summed E-state index contributed by atoms with van der Waals surface area (Å²) in [5.74, 6) is -1.97. The Hall–Kier alpha value is -2.19. The molecule has 8 heteroatoms. The van der Waals surface area contributed by atoms with Gasteiger partial charge in [-0.2, -0.15) is 0 Å². The lowest BCUT2D eigenvalue weighted by Gasteiger charge is -2.20. The van der Waals surface area contributed by atoms with Gasteiger partial charge in [0, 0.05) is 12.2 Å². The summed E-state index contributed by atoms with van der Waals surface area (Å²) in [6.45, 7) is 9.67. The molecule has 160 valence electrons. The van der Waals surface area contributed by atoms with Crippen LogP contribution in [0, 0.1) is 0 Å². The molecule has 0 aliphatic carbocycles. The van der Waals surface area contributed by atoms with Gasteiger partial charge in [0.25, 0.3) is 0 Å². The molecule has 0 amide bonds. The largest absolute Gasteiger partial charge is 0.459 e. The number of ether oxygens (including phenoxy) is 3. The Kier molecular flexibility index (Phi) is 11.3. The number of aliphatic hydroxyl groups excluding tert-OH is 2. The first-order valence-corrected chi connectivity index (χ1v) is 9.14. The maximum atomic E-state index is 12.0. The molecule has 0 aromatic carbocycles. The number of esters is 3. The molecule has 0 aliphatic heterocycles. The minimum Gasteiger partial charge on any atom is -0.459 e. The number of carbonyl (C=O) groups is 3. The molecule has 4 atom stereocenters. The molecule has 0 saturated heterocycles. The van der Waals surface area contributed by atoms with E-state index in [9.17, 15) is 19.5 Å². The molecule has 0 aliphatic rings. The molecule has 0 fully saturated rings. The molecule has 0 spiro atoms. The summed E-state index contributed by atoms with van der Waals surface area (Å²) in [7, 11) is 0. The molecule has 2 N–H and O–H groups in total. The fourth-order valence-electron chi connectivity index (χ4n) is 1.88. The summed E-state index contributed by atoms with van der Waals surface area (Å²) < 4.78 is 15.3. The zero-order chi connectivity index (χ0) is 21.9. The van der Waals surface area contributed by atoms with Crippen LogP contribution in [0.25, 0.3) is 0 Å². The monoisotopic (exact) mass is 400 g/mol. The standard InChI is InChI=1S/C20H32O8/c1-13(21)8-7-9-17(23)26-14(2)12-19(25)27-16(15(3)22)10-11-18(24)28-20(4,5)6/h7,9-11,13-16,21-22H,8,12H2,1-6H3/b9-7+,11-10+/t13-,14-,15-,16+/m0/s1. The molecular formula is C20H32O8. The highest BCUT2D eigenvalue weighted by Crippen LogP contribution is 2.10. The van der Waals surface area contributed by atoms with E-state index in [1.165, 1.54) is 32.1 Å². The highest BCUT2D eigenvalue weighted by Gasteiger charge is 2.21. The van der Waals surface area contributed by atoms with E-state index in [1.54, 1.807) is 27.7 Å². The molecule has 28 heavy (non-hydrogen) atoms. The molecule has 0 aromatic rings. The lowest BCUT2D eigenvalue weighted by molar-refractivity contribution is -0.157. The lowest BCUT2D eigenvalue weighted by Crippen LogP contribution is -2.30. The Bertz CT molecular complexity index is 569. The van der Waals surface area contributed by atoms with Crippen molar-refractivity contribution in [3.05, 3.63) is 24.3 Å². The Morgan fingerprint density at radius 2 is 1.57 bits per heavy atom. The van der Waals surface area contributed by atoms with E-state index in [0.717, 1.165) is 6.08 Å². The number of carbonyl (C=O) groups excluding carboxylic acids is 3. The highest BCUT2D eigenvalue weighted by atomic mass is 16.6. The summed E-state index contributed by atoms with van der Waals surface area (Å²) >= 11 is 0. The highest BCUT2D eigenvalue weighted by molar-refractivity contribution is 5.83. The summed E-state index contributed by atoms with van der Waals surface area (Å²) in [6.07, 6.45) is 1.66. The van der Waals surface area contributed by atoms with Gasteiger partial charge in [-0.15, -0.1) is 0 Å². The van der Waals surface area contributed by atoms with Crippen LogP contribution in [0.5, 0.6) is 0 Å². The van der Waals surface area contributed by atoms with Crippen LogP contribution in [0.2, 0.25) is 0 Å². The second kappa shape index (κ2) is 12.3. The second-order valence-corrected chi connectivity index (χ2v) is 7.53. The van der Waals surface area contributed by atoms with Gasteiger partial charge in [-0.3, -0.25) is 4.79 Å². The van der Waals surface area contributed by atoms with Crippen molar-refractivity contribution < 1.29 is 38.8 Å². The van der Waals surface area contributed by atoms with Gasteiger partial charge in [0.05, 0.1) is 18.6 Å². The molecule has 0 unspecified atom stereocenters. The van der Waals surface area contributed by atoms with Gasteiger partial charge >= 0.3 is 17.9 Å². The fraction of sp³-hybridized carbons (Fsp3) is 0.650. The molecule has 0 saturated carbocycles. The summed E-state index contributed by atoms with van der Waals surface area (Å²) in [5, 5.41) is 18.8. The summed E-state index contributed by atoms with van der Waals surface area (Å²) in [6, 6.07) is 0. The van der Waals surface area contributed by atoms with Crippen LogP contribution in [0.3, 0.4) is 0 Å². The molecule has 8 nitrogen and oxygen atoms in total. The predicted octanol–water partition coefficient (Wildman–Crippen LogP) is 1.83. The van der Waals surface area contributed by atoms with Crippen LogP contribution in [0.15, 0.2) is 24.3 Å². The molecule has 0 bridgehead atoms. The molecule has 0 radical (unpaired) electrons. The number of aliphatic hydroxyl groups is 2. The third-order valence-corrected chi connectivity index (χ3v) is 3.07. The van der Waals surface area contributed by atoms with Gasteiger partial charge in [-0.25, -0.2) is 9.59 Å². The van der Waals surface area contributed by atoms with Crippen molar-refractivity contribution >= 4 is 17.9 Å². The number of hydrogen-bond donors (Lipinski definition) is 2. The maximum absolute atomic E-state index is 12.0. The normalized spacial score (nSPS) is 16.4. The Labute approximate surface area is 166 Å². The van der Waals surface area contributed by atoms with Crippen LogP contribution in [0.1, 0.15) is 54.4 Å². The molecule has 0 aromatic heterocycles. The van der Waals surface area contributed by atoms with Gasteiger partial charge < -0.3 is 24.4 Å². The van der Waals surface area contributed by atoms with Crippen molar-refractivity contribution in [3.8, 4) is 0 Å². The third-order valence-electron chi connectivity index (χ3n) is 3.07. The van der Waals surface area contributed by atoms with E-state index in [0.29, 0.717) is 6.42 Å². The summed E-state index contributed by atoms with van der Waals surface area (Å²) in [4.78, 5) is 35.3. The average Bonchev–Trinajstić information content (AvgIpc) is 2.48. The van der Waals surface area contributed by atoms with Crippen LogP contribution in [-0.2, 0) is 28.6 Å². The first kappa shape index (κ1) is 25.8. The number of hydrogen-bond acceptors (Lipinski definition) is 8. The van der Waals surface area contributed by atoms with Gasteiger partial charge in [-0.1, -0.05) is 6.08 Å². The molecular weight excluding hydrogens is 368 g/mol. The van der Waals surface area contributed by atoms with Crippen LogP contribution in [0.4, 0.5) is 0 Å². The smallest absolute Gasteiger partial charge is 0.331 e. The van der Waals surface area contributed by atoms with E-state index in [2.05, 4.69) is 0 Å². The maximum Gasteiger partial charge on any atom is 0.331 e. The lowest BCUT2D eigenvalue weighted by atomic mass is 10.2. The van der Waals surface area contributed by atoms with Gasteiger partial charge in [0.2, 0.25) is 0 Å². The third kappa shape index (κ3) is 13.9. The van der Waals surface area contributed by atoms with E-state index >= 15 is 0 Å². The predicted molar refractivity (Wildman–Crippen MR) is 102 cm³/mol. The van der Waals surface area contributed by atoms with E-state index in [4.69, 9.17) is 19.3 Å². The molecule has 0 heterocycles. The van der Waals surface area contributed by atoms with Gasteiger partial charge in [0.15, 0.2) is 0 Å². The van der Waals surface area contributed by atoms with Crippen LogP contribution in [-0.4, -0.2) is 58.1 Å². The van der Waals surface area contributed by atoms with E-state index < -0.39 is 47.9 Å². The SMILES string of the molecule is C[C@H](O)C/C=C/C(=O)O[C@@H](C)CC(=O)O[C@H](/C=C/C(=O)OC(C)(C)C)[C@H](C)O. The first-order chi connectivity index (χ1) is 12.8. The minimum atomic E-state index is -1.05. The fourth-order valence-corrected chi connectivity index (χ4v) is 1.88. The zero-order valence-corrected chi connectivity index (χ0v) is 17.4. The number of rotatable bonds is 10. The first-order valence-electron chi connectivity index (χ1n) is 9.14. The van der Waals surface area contributed by atoms with E-state index in [-0.39, 0.29) is 6.42 Å². The van der Waals surface area contributed by atoms with Crippen molar-refractivity contribution in [1.82, 2.24) is 0 Å². The topological polar surface area (TPSA) is 119 Å².